The van der Waals surface area contributed by atoms with Crippen molar-refractivity contribution >= 4 is 17.4 Å². The van der Waals surface area contributed by atoms with E-state index in [1.807, 2.05) is 12.1 Å². The van der Waals surface area contributed by atoms with E-state index < -0.39 is 0 Å². The van der Waals surface area contributed by atoms with E-state index in [1.165, 1.54) is 5.56 Å². The topological polar surface area (TPSA) is 38.2 Å². The number of halogens is 1. The van der Waals surface area contributed by atoms with Gasteiger partial charge in [0.15, 0.2) is 0 Å². The molecule has 0 bridgehead atoms. The molecule has 1 unspecified atom stereocenters. The van der Waals surface area contributed by atoms with Crippen LogP contribution in [-0.4, -0.2) is 23.6 Å². The van der Waals surface area contributed by atoms with Crippen LogP contribution in [0.2, 0.25) is 5.15 Å². The van der Waals surface area contributed by atoms with Gasteiger partial charge in [0.2, 0.25) is 0 Å². The molecule has 1 aromatic heterocycles. The summed E-state index contributed by atoms with van der Waals surface area (Å²) in [4.78, 5) is 10.8. The Labute approximate surface area is 123 Å². The quantitative estimate of drug-likeness (QED) is 0.867. The Morgan fingerprint density at radius 2 is 2.25 bits per heavy atom. The van der Waals surface area contributed by atoms with Crippen LogP contribution in [0.15, 0.2) is 36.7 Å². The molecule has 104 valence electrons. The van der Waals surface area contributed by atoms with Crippen LogP contribution in [0.1, 0.15) is 24.4 Å². The van der Waals surface area contributed by atoms with E-state index >= 15 is 0 Å². The number of ether oxygens (including phenoxy) is 1. The minimum atomic E-state index is 0.304. The van der Waals surface area contributed by atoms with E-state index in [4.69, 9.17) is 16.3 Å². The van der Waals surface area contributed by atoms with Crippen molar-refractivity contribution in [2.24, 2.45) is 0 Å². The molecule has 2 heterocycles. The maximum atomic E-state index is 5.94. The summed E-state index contributed by atoms with van der Waals surface area (Å²) < 4.78 is 5.31. The second-order valence-corrected chi connectivity index (χ2v) is 5.22. The summed E-state index contributed by atoms with van der Waals surface area (Å²) in [6.45, 7) is 0.969. The Hall–Kier alpha value is -1.81. The van der Waals surface area contributed by atoms with E-state index in [1.54, 1.807) is 19.5 Å². The number of hydrogen-bond acceptors (Lipinski definition) is 4. The average molecular weight is 290 g/mol. The van der Waals surface area contributed by atoms with Crippen molar-refractivity contribution in [1.29, 1.82) is 0 Å². The lowest BCUT2D eigenvalue weighted by atomic mass is 10.0. The SMILES string of the molecule is COc1cccc(C2CCCN2c2cncc(Cl)n2)c1. The monoisotopic (exact) mass is 289 g/mol. The molecule has 3 rings (SSSR count). The summed E-state index contributed by atoms with van der Waals surface area (Å²) >= 11 is 5.94. The molecule has 0 aliphatic carbocycles. The van der Waals surface area contributed by atoms with Crippen molar-refractivity contribution in [3.05, 3.63) is 47.4 Å². The highest BCUT2D eigenvalue weighted by molar-refractivity contribution is 6.29. The first-order valence-corrected chi connectivity index (χ1v) is 7.04. The van der Waals surface area contributed by atoms with Gasteiger partial charge in [-0.05, 0) is 30.5 Å². The molecule has 0 radical (unpaired) electrons. The average Bonchev–Trinajstić information content (AvgIpc) is 2.97. The van der Waals surface area contributed by atoms with Crippen LogP contribution < -0.4 is 9.64 Å². The second kappa shape index (κ2) is 5.67. The third-order valence-corrected chi connectivity index (χ3v) is 3.80. The molecule has 1 saturated heterocycles. The van der Waals surface area contributed by atoms with Gasteiger partial charge in [-0.1, -0.05) is 23.7 Å². The summed E-state index contributed by atoms with van der Waals surface area (Å²) in [5, 5.41) is 0.429. The minimum Gasteiger partial charge on any atom is -0.497 e. The van der Waals surface area contributed by atoms with Crippen molar-refractivity contribution < 1.29 is 4.74 Å². The standard InChI is InChI=1S/C15H16ClN3O/c1-20-12-5-2-4-11(8-12)13-6-3-7-19(13)15-10-17-9-14(16)18-15/h2,4-5,8-10,13H,3,6-7H2,1H3. The van der Waals surface area contributed by atoms with Crippen LogP contribution in [0.3, 0.4) is 0 Å². The molecular weight excluding hydrogens is 274 g/mol. The van der Waals surface area contributed by atoms with Crippen molar-refractivity contribution in [2.45, 2.75) is 18.9 Å². The summed E-state index contributed by atoms with van der Waals surface area (Å²) in [7, 11) is 1.69. The van der Waals surface area contributed by atoms with E-state index in [2.05, 4.69) is 27.0 Å². The van der Waals surface area contributed by atoms with Crippen LogP contribution in [0.5, 0.6) is 5.75 Å². The number of methoxy groups -OCH3 is 1. The molecule has 1 aliphatic heterocycles. The molecule has 0 saturated carbocycles. The Kier molecular flexibility index (Phi) is 3.74. The predicted molar refractivity (Wildman–Crippen MR) is 79.4 cm³/mol. The smallest absolute Gasteiger partial charge is 0.149 e. The number of nitrogens with zero attached hydrogens (tertiary/aromatic N) is 3. The van der Waals surface area contributed by atoms with Crippen LogP contribution in [0.25, 0.3) is 0 Å². The Bertz CT molecular complexity index is 605. The number of aromatic nitrogens is 2. The molecule has 0 spiro atoms. The first-order chi connectivity index (χ1) is 9.78. The third-order valence-electron chi connectivity index (χ3n) is 3.62. The highest BCUT2D eigenvalue weighted by atomic mass is 35.5. The maximum Gasteiger partial charge on any atom is 0.149 e. The van der Waals surface area contributed by atoms with Crippen LogP contribution in [0, 0.1) is 0 Å². The van der Waals surface area contributed by atoms with Gasteiger partial charge in [-0.3, -0.25) is 4.98 Å². The maximum absolute atomic E-state index is 5.94. The molecule has 1 fully saturated rings. The molecule has 20 heavy (non-hydrogen) atoms. The number of rotatable bonds is 3. The van der Waals surface area contributed by atoms with E-state index in [0.717, 1.165) is 31.0 Å². The highest BCUT2D eigenvalue weighted by Gasteiger charge is 2.27. The van der Waals surface area contributed by atoms with E-state index in [-0.39, 0.29) is 0 Å². The number of benzene rings is 1. The molecule has 0 N–H and O–H groups in total. The molecular formula is C15H16ClN3O. The lowest BCUT2D eigenvalue weighted by Gasteiger charge is -2.26. The lowest BCUT2D eigenvalue weighted by Crippen LogP contribution is -2.23. The van der Waals surface area contributed by atoms with Gasteiger partial charge in [-0.25, -0.2) is 4.98 Å². The van der Waals surface area contributed by atoms with Crippen LogP contribution in [0.4, 0.5) is 5.82 Å². The van der Waals surface area contributed by atoms with Gasteiger partial charge in [-0.15, -0.1) is 0 Å². The second-order valence-electron chi connectivity index (χ2n) is 4.83. The zero-order chi connectivity index (χ0) is 13.9. The first-order valence-electron chi connectivity index (χ1n) is 6.66. The first kappa shape index (κ1) is 13.2. The largest absolute Gasteiger partial charge is 0.497 e. The molecule has 0 amide bonds. The number of anilines is 1. The Balaban J connectivity index is 1.92. The molecule has 2 aromatic rings. The van der Waals surface area contributed by atoms with Gasteiger partial charge < -0.3 is 9.64 Å². The zero-order valence-electron chi connectivity index (χ0n) is 11.3. The Morgan fingerprint density at radius 1 is 1.35 bits per heavy atom. The molecule has 5 heteroatoms. The third kappa shape index (κ3) is 2.56. The van der Waals surface area contributed by atoms with Gasteiger partial charge in [0.25, 0.3) is 0 Å². The number of hydrogen-bond donors (Lipinski definition) is 0. The summed E-state index contributed by atoms with van der Waals surface area (Å²) in [5.74, 6) is 1.72. The summed E-state index contributed by atoms with van der Waals surface area (Å²) in [5.41, 5.74) is 1.24. The fourth-order valence-electron chi connectivity index (χ4n) is 2.71. The normalized spacial score (nSPS) is 18.3. The highest BCUT2D eigenvalue weighted by Crippen LogP contribution is 2.36. The van der Waals surface area contributed by atoms with Gasteiger partial charge in [0.05, 0.1) is 25.5 Å². The van der Waals surface area contributed by atoms with Crippen molar-refractivity contribution in [3.63, 3.8) is 0 Å². The fraction of sp³-hybridized carbons (Fsp3) is 0.333. The Morgan fingerprint density at radius 3 is 3.05 bits per heavy atom. The summed E-state index contributed by atoms with van der Waals surface area (Å²) in [6, 6.07) is 8.50. The summed E-state index contributed by atoms with van der Waals surface area (Å²) in [6.07, 6.45) is 5.56. The zero-order valence-corrected chi connectivity index (χ0v) is 12.0. The van der Waals surface area contributed by atoms with Crippen LogP contribution >= 0.6 is 11.6 Å². The van der Waals surface area contributed by atoms with Gasteiger partial charge in [0.1, 0.15) is 16.7 Å². The van der Waals surface area contributed by atoms with Crippen molar-refractivity contribution in [3.8, 4) is 5.75 Å². The fourth-order valence-corrected chi connectivity index (χ4v) is 2.85. The predicted octanol–water partition coefficient (Wildman–Crippen LogP) is 3.48. The molecule has 1 aliphatic rings. The minimum absolute atomic E-state index is 0.304. The van der Waals surface area contributed by atoms with Crippen LogP contribution in [-0.2, 0) is 0 Å². The van der Waals surface area contributed by atoms with Crippen molar-refractivity contribution in [1.82, 2.24) is 9.97 Å². The van der Waals surface area contributed by atoms with E-state index in [9.17, 15) is 0 Å². The lowest BCUT2D eigenvalue weighted by molar-refractivity contribution is 0.414. The molecule has 1 aromatic carbocycles. The van der Waals surface area contributed by atoms with Gasteiger partial charge >= 0.3 is 0 Å². The van der Waals surface area contributed by atoms with E-state index in [0.29, 0.717) is 11.2 Å². The van der Waals surface area contributed by atoms with Crippen molar-refractivity contribution in [2.75, 3.05) is 18.6 Å². The molecule has 1 atom stereocenters. The molecule has 4 nitrogen and oxygen atoms in total. The van der Waals surface area contributed by atoms with Gasteiger partial charge in [-0.2, -0.15) is 0 Å². The van der Waals surface area contributed by atoms with Gasteiger partial charge in [0, 0.05) is 6.54 Å².